The van der Waals surface area contributed by atoms with Crippen molar-refractivity contribution in [2.75, 3.05) is 51.7 Å². The van der Waals surface area contributed by atoms with E-state index in [1.54, 1.807) is 45.0 Å². The van der Waals surface area contributed by atoms with Crippen LogP contribution in [0.1, 0.15) is 98.2 Å². The molecule has 5 N–H and O–H groups in total. The Labute approximate surface area is 446 Å². The van der Waals surface area contributed by atoms with Gasteiger partial charge in [-0.2, -0.15) is 0 Å². The quantitative estimate of drug-likeness (QED) is 0.0218. The molecule has 3 aliphatic rings. The van der Waals surface area contributed by atoms with E-state index in [0.717, 1.165) is 57.2 Å². The molecule has 402 valence electrons. The summed E-state index contributed by atoms with van der Waals surface area (Å²) in [6.07, 6.45) is 1.85. The Morgan fingerprint density at radius 2 is 1.58 bits per heavy atom. The molecule has 5 heterocycles. The number of anilines is 1. The number of allylic oxidation sites excluding steroid dienone is 2. The molecular weight excluding hydrogens is 996 g/mol. The van der Waals surface area contributed by atoms with Crippen molar-refractivity contribution in [3.63, 3.8) is 0 Å². The van der Waals surface area contributed by atoms with Crippen LogP contribution in [0.5, 0.6) is 5.75 Å². The van der Waals surface area contributed by atoms with Gasteiger partial charge >= 0.3 is 0 Å². The number of hydrogen-bond acceptors (Lipinski definition) is 14. The summed E-state index contributed by atoms with van der Waals surface area (Å²) in [5, 5.41) is 28.6. The van der Waals surface area contributed by atoms with E-state index in [1.807, 2.05) is 87.0 Å². The normalized spacial score (nSPS) is 17.5. The fourth-order valence-electron chi connectivity index (χ4n) is 9.23. The monoisotopic (exact) mass is 1060 g/mol. The lowest BCUT2D eigenvalue weighted by Gasteiger charge is -2.35. The number of aliphatic hydroxyl groups is 1. The average Bonchev–Trinajstić information content (AvgIpc) is 4.17. The maximum absolute atomic E-state index is 13.9. The van der Waals surface area contributed by atoms with Crippen molar-refractivity contribution in [2.24, 2.45) is 15.4 Å². The number of aliphatic imine (C=N–C) groups is 2. The second-order valence-electron chi connectivity index (χ2n) is 19.9. The predicted octanol–water partition coefficient (Wildman–Crippen LogP) is 6.43. The van der Waals surface area contributed by atoms with E-state index in [4.69, 9.17) is 40.6 Å². The molecule has 2 aromatic heterocycles. The highest BCUT2D eigenvalue weighted by Crippen LogP contribution is 2.36. The highest BCUT2D eigenvalue weighted by atomic mass is 35.5. The number of fused-ring (bicyclic) bond motifs is 3. The number of halogens is 1. The van der Waals surface area contributed by atoms with Crippen LogP contribution in [-0.4, -0.2) is 130 Å². The van der Waals surface area contributed by atoms with Crippen LogP contribution in [0.2, 0.25) is 5.02 Å². The Morgan fingerprint density at radius 1 is 0.868 bits per heavy atom. The van der Waals surface area contributed by atoms with Crippen LogP contribution in [0.25, 0.3) is 11.4 Å². The molecule has 2 unspecified atom stereocenters. The maximum atomic E-state index is 13.9. The van der Waals surface area contributed by atoms with Gasteiger partial charge in [-0.15, -0.1) is 10.2 Å². The molecule has 1 saturated heterocycles. The third kappa shape index (κ3) is 13.5. The van der Waals surface area contributed by atoms with Crippen LogP contribution in [0, 0.1) is 26.2 Å². The topological polar surface area (TPSA) is 245 Å². The zero-order valence-corrected chi connectivity index (χ0v) is 44.5. The van der Waals surface area contributed by atoms with Gasteiger partial charge in [0.15, 0.2) is 19.2 Å². The van der Waals surface area contributed by atoms with E-state index in [-0.39, 0.29) is 65.1 Å². The van der Waals surface area contributed by atoms with Crippen molar-refractivity contribution < 1.29 is 48.3 Å². The van der Waals surface area contributed by atoms with Gasteiger partial charge in [-0.25, -0.2) is 9.78 Å². The molecule has 5 aromatic rings. The van der Waals surface area contributed by atoms with Gasteiger partial charge in [0, 0.05) is 65.4 Å². The van der Waals surface area contributed by atoms with Crippen molar-refractivity contribution in [3.8, 4) is 11.6 Å². The molecule has 4 amide bonds. The van der Waals surface area contributed by atoms with Crippen LogP contribution in [0.4, 0.5) is 5.69 Å². The smallest absolute Gasteiger partial charge is 0.250 e. The maximum Gasteiger partial charge on any atom is 0.250 e. The molecule has 21 heteroatoms. The van der Waals surface area contributed by atoms with Crippen molar-refractivity contribution >= 4 is 58.4 Å². The van der Waals surface area contributed by atoms with Gasteiger partial charge in [-0.3, -0.25) is 33.7 Å². The first-order chi connectivity index (χ1) is 36.4. The number of amides is 4. The van der Waals surface area contributed by atoms with E-state index in [2.05, 4.69) is 36.1 Å². The van der Waals surface area contributed by atoms with Crippen molar-refractivity contribution in [1.29, 1.82) is 0 Å². The minimum atomic E-state index is -1.03. The Morgan fingerprint density at radius 3 is 2.29 bits per heavy atom. The molecular formula is C55H65ClN10O10. The number of β-amino-alcohol motifs (C(OH)–C–C–N with tert-alkyl or cyclic N) is 1. The summed E-state index contributed by atoms with van der Waals surface area (Å²) in [6.45, 7) is 13.6. The van der Waals surface area contributed by atoms with Gasteiger partial charge in [0.25, 0.3) is 0 Å². The molecule has 1 fully saturated rings. The first-order valence-corrected chi connectivity index (χ1v) is 25.6. The number of carbonyl (C=O) groups is 4. The number of nitrogens with zero attached hydrogens (tertiary/aromatic N) is 6. The zero-order chi connectivity index (χ0) is 54.1. The highest BCUT2D eigenvalue weighted by Gasteiger charge is 2.44. The van der Waals surface area contributed by atoms with Gasteiger partial charge in [0.2, 0.25) is 23.6 Å². The van der Waals surface area contributed by atoms with Crippen LogP contribution in [0.15, 0.2) is 88.5 Å². The molecule has 3 aliphatic heterocycles. The Bertz CT molecular complexity index is 2980. The number of aromatic amines is 1. The second-order valence-corrected chi connectivity index (χ2v) is 20.4. The fraction of sp³-hybridized carbons (Fsp3) is 0.418. The largest absolute Gasteiger partial charge is 0.491 e. The summed E-state index contributed by atoms with van der Waals surface area (Å²) in [6, 6.07) is 19.8. The number of aliphatic hydroxyl groups excluding tert-OH is 1. The SMILES string of the molecule is CC1=C(c2ccc(CNC(=O)[C@@H]3C[C@@H](O)CN3C(=O)C(NC(=O)COOCOCCOCCOc3ccc(NC(=O)CC4N=C(c5ccc(Cl)cc5)c5c([nH]c(C)c5C)-n5c(C)nnc54)cc3)C(C)(C)C)cc2)CC=N1. The van der Waals surface area contributed by atoms with E-state index in [1.165, 1.54) is 10.5 Å². The number of carbonyl (C=O) groups excluding carboxylic acids is 4. The third-order valence-corrected chi connectivity index (χ3v) is 13.6. The number of H-pyrrole nitrogens is 1. The highest BCUT2D eigenvalue weighted by molar-refractivity contribution is 6.30. The molecule has 8 rings (SSSR count). The van der Waals surface area contributed by atoms with Gasteiger partial charge in [-0.05, 0) is 91.8 Å². The molecule has 20 nitrogen and oxygen atoms in total. The minimum Gasteiger partial charge on any atom is -0.491 e. The average molecular weight is 1060 g/mol. The summed E-state index contributed by atoms with van der Waals surface area (Å²) in [5.74, 6) is 0.844. The lowest BCUT2D eigenvalue weighted by Crippen LogP contribution is -2.58. The van der Waals surface area contributed by atoms with E-state index >= 15 is 0 Å². The van der Waals surface area contributed by atoms with Crippen molar-refractivity contribution in [2.45, 2.75) is 98.5 Å². The molecule has 0 aliphatic carbocycles. The number of aromatic nitrogens is 4. The van der Waals surface area contributed by atoms with Gasteiger partial charge in [0.1, 0.15) is 42.1 Å². The molecule has 0 spiro atoms. The lowest BCUT2D eigenvalue weighted by atomic mass is 9.85. The zero-order valence-electron chi connectivity index (χ0n) is 43.8. The second kappa shape index (κ2) is 24.7. The Kier molecular flexibility index (Phi) is 18.0. The number of likely N-dealkylation sites (tertiary alicyclic amines) is 1. The van der Waals surface area contributed by atoms with Crippen molar-refractivity contribution in [3.05, 3.63) is 129 Å². The lowest BCUT2D eigenvalue weighted by molar-refractivity contribution is -0.331. The predicted molar refractivity (Wildman–Crippen MR) is 285 cm³/mol. The van der Waals surface area contributed by atoms with E-state index in [9.17, 15) is 24.3 Å². The van der Waals surface area contributed by atoms with Crippen LogP contribution >= 0.6 is 11.6 Å². The number of benzene rings is 3. The van der Waals surface area contributed by atoms with Gasteiger partial charge in [-0.1, -0.05) is 68.8 Å². The Balaban J connectivity index is 0.708. The van der Waals surface area contributed by atoms with Gasteiger partial charge < -0.3 is 45.2 Å². The summed E-state index contributed by atoms with van der Waals surface area (Å²) >= 11 is 6.24. The molecule has 76 heavy (non-hydrogen) atoms. The molecule has 0 saturated carbocycles. The summed E-state index contributed by atoms with van der Waals surface area (Å²) in [4.78, 5) is 78.3. The van der Waals surface area contributed by atoms with E-state index in [0.29, 0.717) is 28.1 Å². The number of aryl methyl sites for hydroxylation is 2. The number of rotatable bonds is 22. The first-order valence-electron chi connectivity index (χ1n) is 25.2. The minimum absolute atomic E-state index is 0.0140. The van der Waals surface area contributed by atoms with Crippen LogP contribution in [-0.2, 0) is 45.0 Å². The Hall–Kier alpha value is -7.07. The van der Waals surface area contributed by atoms with E-state index < -0.39 is 54.0 Å². The number of ether oxygens (including phenoxy) is 3. The standard InChI is InChI=1S/C55H65ClN10O10/c1-32-33(2)59-52-48(32)49(38-12-14-39(56)15-13-38)61-44(51-64-63-35(4)66(51)52)27-46(68)60-40-16-18-42(19-17-40)74-25-24-72-22-23-73-31-76-75-30-47(69)62-50(55(5,6)7)54(71)65-29-41(67)26-45(65)53(70)58-28-36-8-10-37(11-9-36)43-20-21-57-34(43)3/h8-19,21,41,44-45,50,59,67H,20,22-31H2,1-7H3,(H,58,70)(H,60,68)(H,62,69)/t41-,44?,45+,50?/m1/s1. The molecule has 4 atom stereocenters. The van der Waals surface area contributed by atoms with Crippen molar-refractivity contribution in [1.82, 2.24) is 35.3 Å². The fourth-order valence-corrected chi connectivity index (χ4v) is 9.36. The number of nitrogens with one attached hydrogen (secondary N) is 4. The molecule has 0 radical (unpaired) electrons. The summed E-state index contributed by atoms with van der Waals surface area (Å²) in [5.41, 5.74) is 8.48. The summed E-state index contributed by atoms with van der Waals surface area (Å²) < 4.78 is 18.7. The van der Waals surface area contributed by atoms with Crippen LogP contribution < -0.4 is 20.7 Å². The van der Waals surface area contributed by atoms with Crippen LogP contribution in [0.3, 0.4) is 0 Å². The third-order valence-electron chi connectivity index (χ3n) is 13.4. The van der Waals surface area contributed by atoms with Gasteiger partial charge in [0.05, 0.1) is 38.1 Å². The number of hydrogen-bond donors (Lipinski definition) is 5. The molecule has 3 aromatic carbocycles. The first kappa shape index (κ1) is 55.2. The summed E-state index contributed by atoms with van der Waals surface area (Å²) in [7, 11) is 0. The molecule has 0 bridgehead atoms.